The van der Waals surface area contributed by atoms with E-state index >= 15 is 0 Å². The van der Waals surface area contributed by atoms with Gasteiger partial charge in [0.1, 0.15) is 29.0 Å². The fraction of sp³-hybridized carbons (Fsp3) is 0.133. The van der Waals surface area contributed by atoms with Crippen LogP contribution in [0.15, 0.2) is 30.3 Å². The topological polar surface area (TPSA) is 35.5 Å². The maximum absolute atomic E-state index is 13.7. The summed E-state index contributed by atoms with van der Waals surface area (Å²) in [6.45, 7) is 0. The summed E-state index contributed by atoms with van der Waals surface area (Å²) in [5, 5.41) is 0. The molecule has 0 aliphatic heterocycles. The van der Waals surface area contributed by atoms with Gasteiger partial charge in [-0.15, -0.1) is 0 Å². The SMILES string of the molecule is COc1ccc(C(=O)c2c(F)cc(F)cc2F)c(OC)c1. The van der Waals surface area contributed by atoms with Gasteiger partial charge in [-0.2, -0.15) is 0 Å². The molecule has 0 unspecified atom stereocenters. The molecule has 0 radical (unpaired) electrons. The van der Waals surface area contributed by atoms with Crippen molar-refractivity contribution in [2.24, 2.45) is 0 Å². The Balaban J connectivity index is 2.55. The first-order chi connectivity index (χ1) is 9.97. The first-order valence-electron chi connectivity index (χ1n) is 5.89. The lowest BCUT2D eigenvalue weighted by Crippen LogP contribution is -2.10. The molecule has 2 aromatic carbocycles. The van der Waals surface area contributed by atoms with Crippen LogP contribution < -0.4 is 9.47 Å². The number of ether oxygens (including phenoxy) is 2. The molecule has 0 aromatic heterocycles. The van der Waals surface area contributed by atoms with E-state index in [0.29, 0.717) is 17.9 Å². The number of hydrogen-bond donors (Lipinski definition) is 0. The zero-order chi connectivity index (χ0) is 15.6. The lowest BCUT2D eigenvalue weighted by molar-refractivity contribution is 0.102. The van der Waals surface area contributed by atoms with E-state index in [4.69, 9.17) is 9.47 Å². The maximum atomic E-state index is 13.7. The molecule has 0 N–H and O–H groups in total. The maximum Gasteiger partial charge on any atom is 0.202 e. The van der Waals surface area contributed by atoms with Crippen molar-refractivity contribution >= 4 is 5.78 Å². The van der Waals surface area contributed by atoms with E-state index in [9.17, 15) is 18.0 Å². The molecule has 0 saturated carbocycles. The van der Waals surface area contributed by atoms with Crippen LogP contribution in [0.1, 0.15) is 15.9 Å². The molecule has 2 rings (SSSR count). The number of benzene rings is 2. The highest BCUT2D eigenvalue weighted by Crippen LogP contribution is 2.28. The van der Waals surface area contributed by atoms with Crippen molar-refractivity contribution in [3.8, 4) is 11.5 Å². The summed E-state index contributed by atoms with van der Waals surface area (Å²) in [4.78, 5) is 12.3. The minimum absolute atomic E-state index is 0.0530. The van der Waals surface area contributed by atoms with Gasteiger partial charge in [0.05, 0.1) is 25.3 Å². The van der Waals surface area contributed by atoms with Crippen LogP contribution in [0.3, 0.4) is 0 Å². The molecule has 0 spiro atoms. The Hall–Kier alpha value is -2.50. The second-order valence-corrected chi connectivity index (χ2v) is 4.14. The molecule has 0 aliphatic carbocycles. The van der Waals surface area contributed by atoms with Crippen LogP contribution >= 0.6 is 0 Å². The Labute approximate surface area is 118 Å². The van der Waals surface area contributed by atoms with Gasteiger partial charge in [-0.25, -0.2) is 13.2 Å². The lowest BCUT2D eigenvalue weighted by Gasteiger charge is -2.10. The zero-order valence-electron chi connectivity index (χ0n) is 11.2. The smallest absolute Gasteiger partial charge is 0.202 e. The first kappa shape index (κ1) is 14.9. The van der Waals surface area contributed by atoms with Crippen LogP contribution in [0.25, 0.3) is 0 Å². The number of ketones is 1. The third-order valence-corrected chi connectivity index (χ3v) is 2.89. The molecule has 0 fully saturated rings. The van der Waals surface area contributed by atoms with Crippen molar-refractivity contribution in [2.75, 3.05) is 14.2 Å². The van der Waals surface area contributed by atoms with Crippen LogP contribution in [0, 0.1) is 17.5 Å². The number of hydrogen-bond acceptors (Lipinski definition) is 3. The van der Waals surface area contributed by atoms with Crippen LogP contribution in [-0.4, -0.2) is 20.0 Å². The van der Waals surface area contributed by atoms with Gasteiger partial charge in [0, 0.05) is 18.2 Å². The minimum Gasteiger partial charge on any atom is -0.497 e. The largest absolute Gasteiger partial charge is 0.497 e. The predicted octanol–water partition coefficient (Wildman–Crippen LogP) is 3.35. The van der Waals surface area contributed by atoms with E-state index < -0.39 is 28.8 Å². The van der Waals surface area contributed by atoms with Gasteiger partial charge in [-0.1, -0.05) is 0 Å². The van der Waals surface area contributed by atoms with Gasteiger partial charge in [-0.05, 0) is 12.1 Å². The lowest BCUT2D eigenvalue weighted by atomic mass is 10.0. The van der Waals surface area contributed by atoms with Crippen LogP contribution in [0.4, 0.5) is 13.2 Å². The average Bonchev–Trinajstić information content (AvgIpc) is 2.45. The molecular weight excluding hydrogens is 285 g/mol. The van der Waals surface area contributed by atoms with Crippen LogP contribution in [-0.2, 0) is 0 Å². The number of methoxy groups -OCH3 is 2. The average molecular weight is 296 g/mol. The fourth-order valence-electron chi connectivity index (χ4n) is 1.88. The Bertz CT molecular complexity index is 676. The molecule has 0 heterocycles. The van der Waals surface area contributed by atoms with E-state index in [2.05, 4.69) is 0 Å². The summed E-state index contributed by atoms with van der Waals surface area (Å²) in [7, 11) is 2.73. The number of halogens is 3. The van der Waals surface area contributed by atoms with Gasteiger partial charge in [0.15, 0.2) is 0 Å². The van der Waals surface area contributed by atoms with E-state index in [0.717, 1.165) is 0 Å². The Morgan fingerprint density at radius 1 is 0.952 bits per heavy atom. The van der Waals surface area contributed by atoms with Crippen molar-refractivity contribution < 1.29 is 27.4 Å². The van der Waals surface area contributed by atoms with Crippen molar-refractivity contribution in [1.29, 1.82) is 0 Å². The second kappa shape index (κ2) is 5.87. The Kier molecular flexibility index (Phi) is 4.16. The molecule has 21 heavy (non-hydrogen) atoms. The number of carbonyl (C=O) groups is 1. The molecule has 0 aliphatic rings. The number of rotatable bonds is 4. The Morgan fingerprint density at radius 2 is 1.57 bits per heavy atom. The van der Waals surface area contributed by atoms with Gasteiger partial charge in [0.25, 0.3) is 0 Å². The van der Waals surface area contributed by atoms with Crippen molar-refractivity contribution in [3.63, 3.8) is 0 Å². The Morgan fingerprint density at radius 3 is 2.10 bits per heavy atom. The third-order valence-electron chi connectivity index (χ3n) is 2.89. The molecule has 110 valence electrons. The van der Waals surface area contributed by atoms with Gasteiger partial charge in [0.2, 0.25) is 5.78 Å². The molecule has 2 aromatic rings. The quantitative estimate of drug-likeness (QED) is 0.812. The van der Waals surface area contributed by atoms with E-state index in [1.807, 2.05) is 0 Å². The summed E-state index contributed by atoms with van der Waals surface area (Å²) >= 11 is 0. The van der Waals surface area contributed by atoms with Crippen LogP contribution in [0.2, 0.25) is 0 Å². The highest BCUT2D eigenvalue weighted by Gasteiger charge is 2.23. The molecule has 0 atom stereocenters. The molecule has 0 bridgehead atoms. The van der Waals surface area contributed by atoms with Gasteiger partial charge >= 0.3 is 0 Å². The van der Waals surface area contributed by atoms with Crippen molar-refractivity contribution in [1.82, 2.24) is 0 Å². The minimum atomic E-state index is -1.27. The molecule has 3 nitrogen and oxygen atoms in total. The van der Waals surface area contributed by atoms with E-state index in [-0.39, 0.29) is 11.3 Å². The highest BCUT2D eigenvalue weighted by atomic mass is 19.1. The standard InChI is InChI=1S/C15H11F3O3/c1-20-9-3-4-10(13(7-9)21-2)15(19)14-11(17)5-8(16)6-12(14)18/h3-7H,1-2H3. The van der Waals surface area contributed by atoms with E-state index in [1.165, 1.54) is 32.4 Å². The first-order valence-corrected chi connectivity index (χ1v) is 5.89. The van der Waals surface area contributed by atoms with E-state index in [1.54, 1.807) is 0 Å². The second-order valence-electron chi connectivity index (χ2n) is 4.14. The predicted molar refractivity (Wildman–Crippen MR) is 69.3 cm³/mol. The van der Waals surface area contributed by atoms with Crippen molar-refractivity contribution in [3.05, 3.63) is 58.9 Å². The fourth-order valence-corrected chi connectivity index (χ4v) is 1.88. The van der Waals surface area contributed by atoms with Crippen LogP contribution in [0.5, 0.6) is 11.5 Å². The monoisotopic (exact) mass is 296 g/mol. The molecular formula is C15H11F3O3. The summed E-state index contributed by atoms with van der Waals surface area (Å²) in [5.74, 6) is -4.05. The molecule has 0 saturated heterocycles. The third kappa shape index (κ3) is 2.84. The molecule has 6 heteroatoms. The summed E-state index contributed by atoms with van der Waals surface area (Å²) in [6, 6.07) is 5.09. The number of carbonyl (C=O) groups excluding carboxylic acids is 1. The van der Waals surface area contributed by atoms with Gasteiger partial charge in [-0.3, -0.25) is 4.79 Å². The van der Waals surface area contributed by atoms with Gasteiger partial charge < -0.3 is 9.47 Å². The summed E-state index contributed by atoms with van der Waals surface area (Å²) in [6.07, 6.45) is 0. The normalized spacial score (nSPS) is 10.3. The summed E-state index contributed by atoms with van der Waals surface area (Å²) < 4.78 is 50.2. The molecule has 0 amide bonds. The summed E-state index contributed by atoms with van der Waals surface area (Å²) in [5.41, 5.74) is -0.887. The zero-order valence-corrected chi connectivity index (χ0v) is 11.2. The highest BCUT2D eigenvalue weighted by molar-refractivity contribution is 6.11. The van der Waals surface area contributed by atoms with Crippen molar-refractivity contribution in [2.45, 2.75) is 0 Å².